The number of nitrogen functional groups attached to an aromatic ring is 1. The normalized spacial score (nSPS) is 17.2. The number of nitrogens with two attached hydrogens (primary N) is 1. The summed E-state index contributed by atoms with van der Waals surface area (Å²) in [5.41, 5.74) is 6.77. The fraction of sp³-hybridized carbons (Fsp3) is 0.538. The lowest BCUT2D eigenvalue weighted by Crippen LogP contribution is -2.29. The summed E-state index contributed by atoms with van der Waals surface area (Å²) >= 11 is 0. The predicted octanol–water partition coefficient (Wildman–Crippen LogP) is 2.05. The quantitative estimate of drug-likeness (QED) is 0.821. The van der Waals surface area contributed by atoms with Crippen LogP contribution < -0.4 is 10.5 Å². The first kappa shape index (κ1) is 13.4. The maximum atomic E-state index is 12.2. The van der Waals surface area contributed by atoms with Gasteiger partial charge in [0.25, 0.3) is 0 Å². The van der Waals surface area contributed by atoms with Gasteiger partial charge in [0.2, 0.25) is 10.0 Å². The first-order valence-corrected chi connectivity index (χ1v) is 7.84. The Kier molecular flexibility index (Phi) is 3.92. The van der Waals surface area contributed by atoms with Crippen molar-refractivity contribution < 1.29 is 8.42 Å². The van der Waals surface area contributed by atoms with E-state index in [4.69, 9.17) is 5.73 Å². The van der Waals surface area contributed by atoms with E-state index in [2.05, 4.69) is 4.72 Å². The molecule has 1 saturated carbocycles. The van der Waals surface area contributed by atoms with Crippen molar-refractivity contribution in [1.82, 2.24) is 4.72 Å². The Morgan fingerprint density at radius 1 is 1.33 bits per heavy atom. The van der Waals surface area contributed by atoms with Crippen LogP contribution in [0.4, 0.5) is 5.69 Å². The zero-order valence-corrected chi connectivity index (χ0v) is 11.5. The van der Waals surface area contributed by atoms with E-state index in [-0.39, 0.29) is 4.90 Å². The molecule has 0 heterocycles. The number of aryl methyl sites for hydroxylation is 1. The Hall–Kier alpha value is -1.07. The van der Waals surface area contributed by atoms with Crippen LogP contribution in [0.5, 0.6) is 0 Å². The third-order valence-corrected chi connectivity index (χ3v) is 5.19. The molecule has 0 amide bonds. The van der Waals surface area contributed by atoms with Gasteiger partial charge in [0.15, 0.2) is 0 Å². The summed E-state index contributed by atoms with van der Waals surface area (Å²) in [7, 11) is -3.48. The van der Waals surface area contributed by atoms with Crippen LogP contribution in [0.1, 0.15) is 31.2 Å². The van der Waals surface area contributed by atoms with Gasteiger partial charge in [-0.25, -0.2) is 13.1 Å². The molecule has 18 heavy (non-hydrogen) atoms. The van der Waals surface area contributed by atoms with Crippen molar-refractivity contribution in [3.8, 4) is 0 Å². The number of nitrogens with one attached hydrogen (secondary N) is 1. The standard InChI is InChI=1S/C13H20N2O2S/c1-10-5-4-8-12(14)13(10)18(16,17)15-9-11-6-2-3-7-11/h4-5,8,11,15H,2-3,6-7,9,14H2,1H3. The van der Waals surface area contributed by atoms with Crippen molar-refractivity contribution in [3.63, 3.8) is 0 Å². The summed E-state index contributed by atoms with van der Waals surface area (Å²) in [5, 5.41) is 0. The van der Waals surface area contributed by atoms with Gasteiger partial charge in [0.05, 0.1) is 5.69 Å². The monoisotopic (exact) mass is 268 g/mol. The molecule has 3 N–H and O–H groups in total. The molecule has 0 aromatic heterocycles. The topological polar surface area (TPSA) is 72.2 Å². The minimum Gasteiger partial charge on any atom is -0.398 e. The summed E-state index contributed by atoms with van der Waals surface area (Å²) in [6, 6.07) is 5.15. The molecule has 2 rings (SSSR count). The Morgan fingerprint density at radius 2 is 2.00 bits per heavy atom. The molecule has 0 aliphatic heterocycles. The second kappa shape index (κ2) is 5.28. The molecule has 0 unspecified atom stereocenters. The molecular weight excluding hydrogens is 248 g/mol. The van der Waals surface area contributed by atoms with E-state index >= 15 is 0 Å². The van der Waals surface area contributed by atoms with Crippen molar-refractivity contribution in [2.24, 2.45) is 5.92 Å². The predicted molar refractivity (Wildman–Crippen MR) is 72.7 cm³/mol. The van der Waals surface area contributed by atoms with Gasteiger partial charge >= 0.3 is 0 Å². The number of rotatable bonds is 4. The second-order valence-electron chi connectivity index (χ2n) is 5.00. The lowest BCUT2D eigenvalue weighted by atomic mass is 10.1. The first-order valence-electron chi connectivity index (χ1n) is 6.35. The third-order valence-electron chi connectivity index (χ3n) is 3.55. The largest absolute Gasteiger partial charge is 0.398 e. The third kappa shape index (κ3) is 2.84. The van der Waals surface area contributed by atoms with Crippen LogP contribution >= 0.6 is 0 Å². The zero-order valence-electron chi connectivity index (χ0n) is 10.6. The Balaban J connectivity index is 2.15. The van der Waals surface area contributed by atoms with E-state index in [1.54, 1.807) is 25.1 Å². The maximum absolute atomic E-state index is 12.2. The maximum Gasteiger partial charge on any atom is 0.242 e. The van der Waals surface area contributed by atoms with Gasteiger partial charge in [-0.3, -0.25) is 0 Å². The number of benzene rings is 1. The summed E-state index contributed by atoms with van der Waals surface area (Å²) < 4.78 is 27.2. The van der Waals surface area contributed by atoms with Gasteiger partial charge in [-0.2, -0.15) is 0 Å². The minimum absolute atomic E-state index is 0.225. The van der Waals surface area contributed by atoms with Crippen LogP contribution in [-0.4, -0.2) is 15.0 Å². The molecule has 5 heteroatoms. The van der Waals surface area contributed by atoms with Gasteiger partial charge in [-0.15, -0.1) is 0 Å². The van der Waals surface area contributed by atoms with Gasteiger partial charge in [-0.05, 0) is 37.3 Å². The minimum atomic E-state index is -3.48. The fourth-order valence-electron chi connectivity index (χ4n) is 2.56. The van der Waals surface area contributed by atoms with E-state index < -0.39 is 10.0 Å². The number of anilines is 1. The molecule has 0 radical (unpaired) electrons. The van der Waals surface area contributed by atoms with Crippen molar-refractivity contribution in [1.29, 1.82) is 0 Å². The molecule has 1 fully saturated rings. The van der Waals surface area contributed by atoms with Gasteiger partial charge < -0.3 is 5.73 Å². The zero-order chi connectivity index (χ0) is 13.2. The number of sulfonamides is 1. The van der Waals surface area contributed by atoms with E-state index in [0.29, 0.717) is 23.7 Å². The summed E-state index contributed by atoms with van der Waals surface area (Å²) in [6.07, 6.45) is 4.65. The number of hydrogen-bond donors (Lipinski definition) is 2. The van der Waals surface area contributed by atoms with Crippen LogP contribution in [0.2, 0.25) is 0 Å². The molecule has 4 nitrogen and oxygen atoms in total. The average molecular weight is 268 g/mol. The smallest absolute Gasteiger partial charge is 0.242 e. The SMILES string of the molecule is Cc1cccc(N)c1S(=O)(=O)NCC1CCCC1. The van der Waals surface area contributed by atoms with Crippen LogP contribution in [0, 0.1) is 12.8 Å². The molecule has 1 aliphatic rings. The van der Waals surface area contributed by atoms with E-state index in [1.807, 2.05) is 0 Å². The molecule has 1 aromatic rings. The van der Waals surface area contributed by atoms with E-state index in [1.165, 1.54) is 12.8 Å². The average Bonchev–Trinajstić information content (AvgIpc) is 2.78. The molecule has 0 spiro atoms. The molecule has 1 aliphatic carbocycles. The Bertz CT molecular complexity index is 500. The molecule has 0 saturated heterocycles. The van der Waals surface area contributed by atoms with Gasteiger partial charge in [-0.1, -0.05) is 25.0 Å². The molecule has 0 atom stereocenters. The highest BCUT2D eigenvalue weighted by atomic mass is 32.2. The summed E-state index contributed by atoms with van der Waals surface area (Å²) in [6.45, 7) is 2.29. The van der Waals surface area contributed by atoms with Crippen molar-refractivity contribution in [3.05, 3.63) is 23.8 Å². The molecule has 1 aromatic carbocycles. The highest BCUT2D eigenvalue weighted by Crippen LogP contribution is 2.26. The lowest BCUT2D eigenvalue weighted by molar-refractivity contribution is 0.519. The van der Waals surface area contributed by atoms with Gasteiger partial charge in [0.1, 0.15) is 4.90 Å². The van der Waals surface area contributed by atoms with E-state index in [9.17, 15) is 8.42 Å². The lowest BCUT2D eigenvalue weighted by Gasteiger charge is -2.14. The van der Waals surface area contributed by atoms with Crippen LogP contribution in [0.3, 0.4) is 0 Å². The van der Waals surface area contributed by atoms with Crippen LogP contribution in [0.25, 0.3) is 0 Å². The molecular formula is C13H20N2O2S. The van der Waals surface area contributed by atoms with Crippen LogP contribution in [0.15, 0.2) is 23.1 Å². The summed E-state index contributed by atoms with van der Waals surface area (Å²) in [4.78, 5) is 0.225. The first-order chi connectivity index (χ1) is 8.50. The van der Waals surface area contributed by atoms with Crippen LogP contribution in [-0.2, 0) is 10.0 Å². The van der Waals surface area contributed by atoms with E-state index in [0.717, 1.165) is 12.8 Å². The van der Waals surface area contributed by atoms with Crippen molar-refractivity contribution in [2.75, 3.05) is 12.3 Å². The molecule has 100 valence electrons. The summed E-state index contributed by atoms with van der Waals surface area (Å²) in [5.74, 6) is 0.477. The fourth-order valence-corrected chi connectivity index (χ4v) is 4.03. The highest BCUT2D eigenvalue weighted by Gasteiger charge is 2.22. The highest BCUT2D eigenvalue weighted by molar-refractivity contribution is 7.89. The van der Waals surface area contributed by atoms with Gasteiger partial charge in [0, 0.05) is 6.54 Å². The molecule has 0 bridgehead atoms. The Labute approximate surface area is 109 Å². The second-order valence-corrected chi connectivity index (χ2v) is 6.70. The Morgan fingerprint density at radius 3 is 2.61 bits per heavy atom. The van der Waals surface area contributed by atoms with Crippen molar-refractivity contribution in [2.45, 2.75) is 37.5 Å². The number of hydrogen-bond acceptors (Lipinski definition) is 3. The van der Waals surface area contributed by atoms with Crippen molar-refractivity contribution >= 4 is 15.7 Å².